The molecule has 0 N–H and O–H groups in total. The summed E-state index contributed by atoms with van der Waals surface area (Å²) in [4.78, 5) is 20.8. The van der Waals surface area contributed by atoms with Crippen LogP contribution in [0.4, 0.5) is 0 Å². The summed E-state index contributed by atoms with van der Waals surface area (Å²) >= 11 is 0. The Kier molecular flexibility index (Phi) is 11.2. The Hall–Kier alpha value is -9.38. The molecule has 10 aromatic carbocycles. The van der Waals surface area contributed by atoms with Crippen LogP contribution in [0.15, 0.2) is 267 Å². The maximum absolute atomic E-state index is 5.32. The van der Waals surface area contributed by atoms with Crippen molar-refractivity contribution in [3.63, 3.8) is 0 Å². The minimum absolute atomic E-state index is 0.577. The van der Waals surface area contributed by atoms with E-state index in [2.05, 4.69) is 261 Å². The molecule has 0 saturated heterocycles. The Morgan fingerprint density at radius 3 is 0.886 bits per heavy atom. The molecular weight excluding hydrogens is 849 g/mol. The van der Waals surface area contributed by atoms with E-state index in [1.165, 1.54) is 0 Å². The summed E-state index contributed by atoms with van der Waals surface area (Å²) in [6, 6.07) is 91.9. The topological polar surface area (TPSA) is 51.6 Å². The molecule has 70 heavy (non-hydrogen) atoms. The highest BCUT2D eigenvalue weighted by Crippen LogP contribution is 2.38. The van der Waals surface area contributed by atoms with Gasteiger partial charge in [0.25, 0.3) is 0 Å². The number of nitrogens with zero attached hydrogens (tertiary/aromatic N) is 4. The van der Waals surface area contributed by atoms with E-state index in [-0.39, 0.29) is 0 Å². The van der Waals surface area contributed by atoms with Gasteiger partial charge in [-0.05, 0) is 133 Å². The molecule has 0 aliphatic rings. The van der Waals surface area contributed by atoms with Gasteiger partial charge in [0.05, 0.1) is 5.69 Å². The summed E-state index contributed by atoms with van der Waals surface area (Å²) in [6.45, 7) is 0. The van der Waals surface area contributed by atoms with Crippen LogP contribution in [0, 0.1) is 0 Å². The van der Waals surface area contributed by atoms with E-state index in [1.807, 2.05) is 6.20 Å². The van der Waals surface area contributed by atoms with Gasteiger partial charge in [-0.15, -0.1) is 0 Å². The van der Waals surface area contributed by atoms with E-state index in [0.29, 0.717) is 17.5 Å². The zero-order chi connectivity index (χ0) is 46.6. The minimum Gasteiger partial charge on any atom is -0.256 e. The molecule has 12 rings (SSSR count). The molecule has 2 heterocycles. The van der Waals surface area contributed by atoms with Gasteiger partial charge in [0.1, 0.15) is 0 Å². The molecule has 0 unspecified atom stereocenters. The molecule has 0 amide bonds. The molecule has 0 spiro atoms. The molecule has 328 valence electrons. The van der Waals surface area contributed by atoms with Crippen molar-refractivity contribution in [1.29, 1.82) is 0 Å². The smallest absolute Gasteiger partial charge is 0.164 e. The van der Waals surface area contributed by atoms with Crippen LogP contribution in [-0.2, 0) is 0 Å². The molecule has 2 aromatic heterocycles. The molecule has 0 atom stereocenters. The van der Waals surface area contributed by atoms with E-state index in [4.69, 9.17) is 19.9 Å². The Bertz CT molecular complexity index is 3510. The maximum atomic E-state index is 5.32. The lowest BCUT2D eigenvalue weighted by atomic mass is 9.92. The fourth-order valence-corrected chi connectivity index (χ4v) is 9.37. The quantitative estimate of drug-likeness (QED) is 0.137. The number of aromatic nitrogens is 4. The van der Waals surface area contributed by atoms with Crippen molar-refractivity contribution in [2.75, 3.05) is 0 Å². The average molecular weight is 893 g/mol. The van der Waals surface area contributed by atoms with Crippen LogP contribution in [0.5, 0.6) is 0 Å². The predicted octanol–water partition coefficient (Wildman–Crippen LogP) is 17.1. The summed E-state index contributed by atoms with van der Waals surface area (Å²) in [7, 11) is 0. The second-order valence-electron chi connectivity index (χ2n) is 17.5. The van der Waals surface area contributed by atoms with E-state index < -0.39 is 0 Å². The second-order valence-corrected chi connectivity index (χ2v) is 17.5. The first-order valence-corrected chi connectivity index (χ1v) is 23.6. The SMILES string of the molecule is c1ccc(-c2cc(-c3ccccc3)cc(-c3cccc(-c4nc(-c5cccc(-c6cc(-c7ccccc7)cc(-c7ccccc7)c6)c5)nc(-c5cccc(-c6nccc7ccccc67)c5)n4)c3)c2)cc1. The van der Waals surface area contributed by atoms with Gasteiger partial charge < -0.3 is 0 Å². The van der Waals surface area contributed by atoms with Gasteiger partial charge in [0.2, 0.25) is 0 Å². The number of hydrogen-bond acceptors (Lipinski definition) is 4. The van der Waals surface area contributed by atoms with Crippen LogP contribution in [0.3, 0.4) is 0 Å². The fourth-order valence-electron chi connectivity index (χ4n) is 9.37. The predicted molar refractivity (Wildman–Crippen MR) is 289 cm³/mol. The Balaban J connectivity index is 1.01. The molecule has 4 nitrogen and oxygen atoms in total. The van der Waals surface area contributed by atoms with Gasteiger partial charge >= 0.3 is 0 Å². The van der Waals surface area contributed by atoms with Gasteiger partial charge in [-0.3, -0.25) is 4.98 Å². The first kappa shape index (κ1) is 42.0. The minimum atomic E-state index is 0.577. The molecule has 12 aromatic rings. The first-order chi connectivity index (χ1) is 34.6. The van der Waals surface area contributed by atoms with E-state index in [1.54, 1.807) is 0 Å². The Morgan fingerprint density at radius 2 is 0.486 bits per heavy atom. The van der Waals surface area contributed by atoms with Crippen LogP contribution in [0.2, 0.25) is 0 Å². The van der Waals surface area contributed by atoms with Crippen LogP contribution < -0.4 is 0 Å². The molecule has 0 fully saturated rings. The highest BCUT2D eigenvalue weighted by Gasteiger charge is 2.17. The molecule has 0 aliphatic heterocycles. The second kappa shape index (κ2) is 18.7. The zero-order valence-corrected chi connectivity index (χ0v) is 38.2. The van der Waals surface area contributed by atoms with E-state index >= 15 is 0 Å². The van der Waals surface area contributed by atoms with Crippen molar-refractivity contribution in [3.8, 4) is 112 Å². The van der Waals surface area contributed by atoms with Gasteiger partial charge in [-0.2, -0.15) is 0 Å². The van der Waals surface area contributed by atoms with Crippen LogP contribution in [0.1, 0.15) is 0 Å². The van der Waals surface area contributed by atoms with Gasteiger partial charge in [0.15, 0.2) is 17.5 Å². The third kappa shape index (κ3) is 8.69. The summed E-state index contributed by atoms with van der Waals surface area (Å²) in [5.74, 6) is 1.74. The van der Waals surface area contributed by atoms with Crippen LogP contribution in [-0.4, -0.2) is 19.9 Å². The summed E-state index contributed by atoms with van der Waals surface area (Å²) < 4.78 is 0. The number of benzene rings is 10. The fraction of sp³-hybridized carbons (Fsp3) is 0. The summed E-state index contributed by atoms with van der Waals surface area (Å²) in [6.07, 6.45) is 1.88. The van der Waals surface area contributed by atoms with E-state index in [9.17, 15) is 0 Å². The lowest BCUT2D eigenvalue weighted by molar-refractivity contribution is 1.07. The number of fused-ring (bicyclic) bond motifs is 1. The third-order valence-corrected chi connectivity index (χ3v) is 12.9. The standard InChI is InChI=1S/C66H44N4/c1-5-18-45(19-6-1)56-39-57(46-20-7-2-8-21-46)42-60(41-56)50-27-15-30-53(36-50)64-68-65(70-66(69-64)55-32-17-29-52(38-55)63-62-33-14-13-26-49(62)34-35-67-63)54-31-16-28-51(37-54)61-43-58(47-22-9-3-10-23-47)40-59(44-61)48-24-11-4-12-25-48/h1-44H. The lowest BCUT2D eigenvalue weighted by Crippen LogP contribution is -2.01. The lowest BCUT2D eigenvalue weighted by Gasteiger charge is -2.14. The zero-order valence-electron chi connectivity index (χ0n) is 38.2. The van der Waals surface area contributed by atoms with Crippen LogP contribution in [0.25, 0.3) is 123 Å². The monoisotopic (exact) mass is 892 g/mol. The third-order valence-electron chi connectivity index (χ3n) is 12.9. The number of hydrogen-bond donors (Lipinski definition) is 0. The molecule has 0 radical (unpaired) electrons. The van der Waals surface area contributed by atoms with Crippen molar-refractivity contribution in [2.24, 2.45) is 0 Å². The highest BCUT2D eigenvalue weighted by molar-refractivity contribution is 5.95. The van der Waals surface area contributed by atoms with Crippen molar-refractivity contribution in [3.05, 3.63) is 267 Å². The normalized spacial score (nSPS) is 11.1. The van der Waals surface area contributed by atoms with Gasteiger partial charge in [-0.25, -0.2) is 15.0 Å². The van der Waals surface area contributed by atoms with Crippen molar-refractivity contribution >= 4 is 10.8 Å². The molecule has 0 bridgehead atoms. The largest absolute Gasteiger partial charge is 0.256 e. The van der Waals surface area contributed by atoms with Gasteiger partial charge in [0, 0.05) is 33.8 Å². The average Bonchev–Trinajstić information content (AvgIpc) is 3.45. The van der Waals surface area contributed by atoms with Crippen LogP contribution >= 0.6 is 0 Å². The van der Waals surface area contributed by atoms with Crippen molar-refractivity contribution in [2.45, 2.75) is 0 Å². The molecule has 4 heteroatoms. The van der Waals surface area contributed by atoms with Gasteiger partial charge in [-0.1, -0.05) is 200 Å². The van der Waals surface area contributed by atoms with E-state index in [0.717, 1.165) is 105 Å². The molecule has 0 aliphatic carbocycles. The maximum Gasteiger partial charge on any atom is 0.164 e. The Morgan fingerprint density at radius 1 is 0.200 bits per heavy atom. The summed E-state index contributed by atoms with van der Waals surface area (Å²) in [5.41, 5.74) is 18.1. The van der Waals surface area contributed by atoms with Crippen molar-refractivity contribution < 1.29 is 0 Å². The summed E-state index contributed by atoms with van der Waals surface area (Å²) in [5, 5.41) is 2.23. The molecular formula is C66H44N4. The van der Waals surface area contributed by atoms with Crippen molar-refractivity contribution in [1.82, 2.24) is 19.9 Å². The first-order valence-electron chi connectivity index (χ1n) is 23.6. The number of rotatable bonds is 10. The highest BCUT2D eigenvalue weighted by atomic mass is 15.0. The molecule has 0 saturated carbocycles. The Labute approximate surface area is 408 Å². The number of pyridine rings is 1.